The Bertz CT molecular complexity index is 1360. The van der Waals surface area contributed by atoms with Crippen LogP contribution in [0.3, 0.4) is 0 Å². The van der Waals surface area contributed by atoms with Gasteiger partial charge in [-0.2, -0.15) is 0 Å². The van der Waals surface area contributed by atoms with E-state index in [9.17, 15) is 9.90 Å². The minimum Gasteiger partial charge on any atom is -0.507 e. The van der Waals surface area contributed by atoms with Gasteiger partial charge in [0.1, 0.15) is 11.5 Å². The molecule has 0 spiro atoms. The van der Waals surface area contributed by atoms with Crippen molar-refractivity contribution in [2.24, 2.45) is 0 Å². The molecule has 4 rings (SSSR count). The fourth-order valence-corrected chi connectivity index (χ4v) is 4.55. The summed E-state index contributed by atoms with van der Waals surface area (Å²) in [5.74, 6) is 1.02. The second kappa shape index (κ2) is 10.2. The Balaban J connectivity index is 1.62. The second-order valence-corrected chi connectivity index (χ2v) is 8.98. The van der Waals surface area contributed by atoms with Crippen molar-refractivity contribution in [1.29, 1.82) is 0 Å². The number of halogens is 1. The van der Waals surface area contributed by atoms with Crippen LogP contribution in [0.1, 0.15) is 11.1 Å². The topological polar surface area (TPSA) is 89.3 Å². The monoisotopic (exact) mass is 494 g/mol. The maximum atomic E-state index is 12.6. The lowest BCUT2D eigenvalue weighted by atomic mass is 10.1. The summed E-state index contributed by atoms with van der Waals surface area (Å²) >= 11 is 7.40. The van der Waals surface area contributed by atoms with Crippen LogP contribution in [0.15, 0.2) is 65.8 Å². The van der Waals surface area contributed by atoms with Crippen molar-refractivity contribution in [2.75, 3.05) is 18.2 Å². The summed E-state index contributed by atoms with van der Waals surface area (Å²) < 4.78 is 7.01. The number of carbonyl (C=O) groups excluding carboxylic acids is 1. The summed E-state index contributed by atoms with van der Waals surface area (Å²) in [4.78, 5) is 12.6. The van der Waals surface area contributed by atoms with E-state index in [-0.39, 0.29) is 17.4 Å². The van der Waals surface area contributed by atoms with Crippen LogP contribution >= 0.6 is 23.4 Å². The maximum Gasteiger partial charge on any atom is 0.234 e. The number of carbonyl (C=O) groups is 1. The molecule has 174 valence electrons. The van der Waals surface area contributed by atoms with Crippen molar-refractivity contribution < 1.29 is 14.6 Å². The number of nitrogens with one attached hydrogen (secondary N) is 1. The van der Waals surface area contributed by atoms with E-state index < -0.39 is 0 Å². The molecule has 34 heavy (non-hydrogen) atoms. The van der Waals surface area contributed by atoms with Gasteiger partial charge in [0.25, 0.3) is 0 Å². The van der Waals surface area contributed by atoms with Crippen LogP contribution < -0.4 is 10.1 Å². The van der Waals surface area contributed by atoms with E-state index in [1.807, 2.05) is 36.6 Å². The highest BCUT2D eigenvalue weighted by atomic mass is 35.5. The van der Waals surface area contributed by atoms with Crippen molar-refractivity contribution in [3.8, 4) is 28.6 Å². The molecule has 1 amide bonds. The summed E-state index contributed by atoms with van der Waals surface area (Å²) in [6.45, 7) is 4.03. The molecule has 7 nitrogen and oxygen atoms in total. The molecule has 0 fully saturated rings. The van der Waals surface area contributed by atoms with E-state index in [4.69, 9.17) is 16.3 Å². The van der Waals surface area contributed by atoms with E-state index >= 15 is 0 Å². The molecule has 0 bridgehead atoms. The normalized spacial score (nSPS) is 10.8. The van der Waals surface area contributed by atoms with Crippen LogP contribution in [0.25, 0.3) is 17.1 Å². The molecule has 1 aromatic heterocycles. The standard InChI is InChI=1S/C25H23ClN4O3S/c1-15-8-10-20(16(2)12-15)30-24(18-6-4-5-7-21(18)31)28-29-25(30)34-14-23(32)27-17-9-11-22(33-3)19(26)13-17/h4-13,31H,14H2,1-3H3,(H,27,32). The molecule has 0 saturated carbocycles. The number of anilines is 1. The average Bonchev–Trinajstić information content (AvgIpc) is 3.21. The summed E-state index contributed by atoms with van der Waals surface area (Å²) in [5.41, 5.74) is 4.15. The maximum absolute atomic E-state index is 12.6. The fourth-order valence-electron chi connectivity index (χ4n) is 3.55. The Morgan fingerprint density at radius 3 is 2.62 bits per heavy atom. The number of para-hydroxylation sites is 1. The number of ether oxygens (including phenoxy) is 1. The molecule has 0 aliphatic rings. The lowest BCUT2D eigenvalue weighted by Crippen LogP contribution is -2.14. The molecule has 2 N–H and O–H groups in total. The molecule has 0 saturated heterocycles. The Labute approximate surface area is 206 Å². The molecule has 0 unspecified atom stereocenters. The Kier molecular flexibility index (Phi) is 7.09. The predicted molar refractivity (Wildman–Crippen MR) is 135 cm³/mol. The average molecular weight is 495 g/mol. The van der Waals surface area contributed by atoms with Gasteiger partial charge in [-0.25, -0.2) is 0 Å². The van der Waals surface area contributed by atoms with E-state index in [0.29, 0.717) is 33.0 Å². The number of methoxy groups -OCH3 is 1. The Morgan fingerprint density at radius 2 is 1.91 bits per heavy atom. The van der Waals surface area contributed by atoms with Gasteiger partial charge in [0.2, 0.25) is 5.91 Å². The summed E-state index contributed by atoms with van der Waals surface area (Å²) in [5, 5.41) is 22.9. The lowest BCUT2D eigenvalue weighted by molar-refractivity contribution is -0.113. The molecular formula is C25H23ClN4O3S. The van der Waals surface area contributed by atoms with Gasteiger partial charge >= 0.3 is 0 Å². The SMILES string of the molecule is COc1ccc(NC(=O)CSc2nnc(-c3ccccc3O)n2-c2ccc(C)cc2C)cc1Cl. The number of rotatable bonds is 7. The number of hydrogen-bond acceptors (Lipinski definition) is 6. The zero-order chi connectivity index (χ0) is 24.2. The number of aromatic nitrogens is 3. The van der Waals surface area contributed by atoms with Crippen molar-refractivity contribution in [1.82, 2.24) is 14.8 Å². The van der Waals surface area contributed by atoms with Crippen LogP contribution in [0.5, 0.6) is 11.5 Å². The third-order valence-corrected chi connectivity index (χ3v) is 6.36. The largest absolute Gasteiger partial charge is 0.507 e. The van der Waals surface area contributed by atoms with Crippen molar-refractivity contribution in [2.45, 2.75) is 19.0 Å². The zero-order valence-electron chi connectivity index (χ0n) is 18.9. The summed E-state index contributed by atoms with van der Waals surface area (Å²) in [6, 6.07) is 18.1. The van der Waals surface area contributed by atoms with Gasteiger partial charge in [0, 0.05) is 5.69 Å². The Morgan fingerprint density at radius 1 is 1.12 bits per heavy atom. The number of thioether (sulfide) groups is 1. The smallest absolute Gasteiger partial charge is 0.234 e. The number of phenols is 1. The van der Waals surface area contributed by atoms with Gasteiger partial charge in [-0.3, -0.25) is 9.36 Å². The van der Waals surface area contributed by atoms with Crippen LogP contribution in [0.2, 0.25) is 5.02 Å². The van der Waals surface area contributed by atoms with Crippen LogP contribution in [-0.4, -0.2) is 38.6 Å². The fraction of sp³-hybridized carbons (Fsp3) is 0.160. The second-order valence-electron chi connectivity index (χ2n) is 7.63. The molecular weight excluding hydrogens is 472 g/mol. The first-order chi connectivity index (χ1) is 16.4. The number of benzene rings is 3. The van der Waals surface area contributed by atoms with Gasteiger partial charge in [-0.1, -0.05) is 53.2 Å². The van der Waals surface area contributed by atoms with Crippen LogP contribution in [-0.2, 0) is 4.79 Å². The van der Waals surface area contributed by atoms with Crippen LogP contribution in [0, 0.1) is 13.8 Å². The molecule has 0 aliphatic carbocycles. The predicted octanol–water partition coefficient (Wildman–Crippen LogP) is 5.65. The minimum atomic E-state index is -0.217. The molecule has 9 heteroatoms. The van der Waals surface area contributed by atoms with Gasteiger partial charge in [0.05, 0.1) is 29.1 Å². The van der Waals surface area contributed by atoms with Gasteiger partial charge < -0.3 is 15.2 Å². The zero-order valence-corrected chi connectivity index (χ0v) is 20.4. The highest BCUT2D eigenvalue weighted by Gasteiger charge is 2.20. The Hall–Kier alpha value is -3.49. The van der Waals surface area contributed by atoms with E-state index in [1.165, 1.54) is 18.9 Å². The number of amides is 1. The first-order valence-electron chi connectivity index (χ1n) is 10.4. The van der Waals surface area contributed by atoms with E-state index in [0.717, 1.165) is 16.8 Å². The third-order valence-electron chi connectivity index (χ3n) is 5.14. The van der Waals surface area contributed by atoms with Crippen molar-refractivity contribution >= 4 is 35.0 Å². The molecule has 1 heterocycles. The van der Waals surface area contributed by atoms with Crippen LogP contribution in [0.4, 0.5) is 5.69 Å². The number of aryl methyl sites for hydroxylation is 2. The number of aromatic hydroxyl groups is 1. The number of phenolic OH excluding ortho intramolecular Hbond substituents is 1. The van der Waals surface area contributed by atoms with Gasteiger partial charge in [0.15, 0.2) is 11.0 Å². The highest BCUT2D eigenvalue weighted by Crippen LogP contribution is 2.34. The summed E-state index contributed by atoms with van der Waals surface area (Å²) in [7, 11) is 1.53. The first kappa shape index (κ1) is 23.7. The summed E-state index contributed by atoms with van der Waals surface area (Å²) in [6.07, 6.45) is 0. The highest BCUT2D eigenvalue weighted by molar-refractivity contribution is 7.99. The number of nitrogens with zero attached hydrogens (tertiary/aromatic N) is 3. The van der Waals surface area contributed by atoms with E-state index in [2.05, 4.69) is 21.6 Å². The van der Waals surface area contributed by atoms with Gasteiger partial charge in [-0.05, 0) is 55.8 Å². The molecule has 0 aliphatic heterocycles. The molecule has 0 radical (unpaired) electrons. The number of hydrogen-bond donors (Lipinski definition) is 2. The molecule has 0 atom stereocenters. The quantitative estimate of drug-likeness (QED) is 0.323. The van der Waals surface area contributed by atoms with E-state index in [1.54, 1.807) is 36.4 Å². The lowest BCUT2D eigenvalue weighted by Gasteiger charge is -2.14. The van der Waals surface area contributed by atoms with Gasteiger partial charge in [-0.15, -0.1) is 10.2 Å². The first-order valence-corrected chi connectivity index (χ1v) is 11.8. The molecule has 4 aromatic rings. The van der Waals surface area contributed by atoms with Crippen molar-refractivity contribution in [3.63, 3.8) is 0 Å². The minimum absolute atomic E-state index is 0.103. The third kappa shape index (κ3) is 5.03. The molecule has 3 aromatic carbocycles. The van der Waals surface area contributed by atoms with Crippen molar-refractivity contribution in [3.05, 3.63) is 76.8 Å².